The van der Waals surface area contributed by atoms with E-state index in [1.807, 2.05) is 0 Å². The van der Waals surface area contributed by atoms with E-state index in [9.17, 15) is 22.0 Å². The third-order valence-electron chi connectivity index (χ3n) is 3.51. The van der Waals surface area contributed by atoms with Gasteiger partial charge in [-0.3, -0.25) is 0 Å². The van der Waals surface area contributed by atoms with Crippen LogP contribution in [0, 0.1) is 0 Å². The fourth-order valence-electron chi connectivity index (χ4n) is 2.73. The van der Waals surface area contributed by atoms with Crippen LogP contribution in [0.15, 0.2) is 23.1 Å². The van der Waals surface area contributed by atoms with Crippen LogP contribution in [-0.4, -0.2) is 38.1 Å². The van der Waals surface area contributed by atoms with Gasteiger partial charge in [-0.25, -0.2) is 26.7 Å². The summed E-state index contributed by atoms with van der Waals surface area (Å²) in [5.41, 5.74) is -1.11. The van der Waals surface area contributed by atoms with Crippen LogP contribution in [0.25, 0.3) is 0 Å². The fraction of sp³-hybridized carbons (Fsp3) is 0.500. The van der Waals surface area contributed by atoms with Crippen molar-refractivity contribution in [3.8, 4) is 0 Å². The van der Waals surface area contributed by atoms with Gasteiger partial charge in [-0.1, -0.05) is 0 Å². The second-order valence-electron chi connectivity index (χ2n) is 5.98. The molecule has 1 aromatic carbocycles. The molecule has 2 N–H and O–H groups in total. The number of methoxy groups -OCH3 is 1. The quantitative estimate of drug-likeness (QED) is 0.819. The number of ether oxygens (including phenoxy) is 1. The van der Waals surface area contributed by atoms with Crippen molar-refractivity contribution < 1.29 is 31.8 Å². The number of carboxylic acids is 1. The molecular weight excluding hydrogens is 332 g/mol. The average molecular weight is 349 g/mol. The highest BCUT2D eigenvalue weighted by molar-refractivity contribution is 7.89. The van der Waals surface area contributed by atoms with Crippen LogP contribution in [0.5, 0.6) is 0 Å². The van der Waals surface area contributed by atoms with Crippen molar-refractivity contribution in [1.82, 2.24) is 4.72 Å². The lowest BCUT2D eigenvalue weighted by atomic mass is 9.76. The molecule has 1 saturated carbocycles. The largest absolute Gasteiger partial charge is 0.478 e. The summed E-state index contributed by atoms with van der Waals surface area (Å²) in [5, 5.41) is 9.07. The smallest absolute Gasteiger partial charge is 0.335 e. The zero-order valence-electron chi connectivity index (χ0n) is 12.6. The second-order valence-corrected chi connectivity index (χ2v) is 7.66. The summed E-state index contributed by atoms with van der Waals surface area (Å²) in [6.45, 7) is 1.41. The van der Waals surface area contributed by atoms with Crippen LogP contribution < -0.4 is 4.72 Å². The van der Waals surface area contributed by atoms with Crippen LogP contribution in [-0.2, 0) is 21.4 Å². The van der Waals surface area contributed by atoms with Crippen LogP contribution in [0.1, 0.15) is 35.7 Å². The zero-order chi connectivity index (χ0) is 17.5. The molecule has 6 nitrogen and oxygen atoms in total. The highest BCUT2D eigenvalue weighted by Gasteiger charge is 2.55. The molecule has 0 amide bonds. The number of alkyl halides is 2. The van der Waals surface area contributed by atoms with E-state index in [1.165, 1.54) is 26.2 Å². The van der Waals surface area contributed by atoms with Crippen molar-refractivity contribution in [3.63, 3.8) is 0 Å². The molecule has 9 heteroatoms. The van der Waals surface area contributed by atoms with E-state index in [2.05, 4.69) is 4.72 Å². The maximum Gasteiger partial charge on any atom is 0.335 e. The van der Waals surface area contributed by atoms with Crippen molar-refractivity contribution in [2.75, 3.05) is 7.11 Å². The number of halogens is 2. The standard InChI is InChI=1S/C14H17F2NO5S/c1-13(7-14(15,16)8-13)17-23(20,21)11-4-9(6-22-2)3-10(5-11)12(18)19/h3-5,17H,6-8H2,1-2H3,(H,18,19). The molecule has 0 saturated heterocycles. The molecule has 0 aliphatic heterocycles. The Bertz CT molecular complexity index is 725. The molecule has 0 aromatic heterocycles. The molecule has 1 aliphatic carbocycles. The topological polar surface area (TPSA) is 92.7 Å². The Balaban J connectivity index is 2.34. The first-order chi connectivity index (χ1) is 10.5. The van der Waals surface area contributed by atoms with Crippen molar-refractivity contribution in [2.24, 2.45) is 0 Å². The maximum atomic E-state index is 13.0. The number of carboxylic acid groups (broad SMARTS) is 1. The summed E-state index contributed by atoms with van der Waals surface area (Å²) in [5.74, 6) is -4.18. The van der Waals surface area contributed by atoms with Gasteiger partial charge in [-0.15, -0.1) is 0 Å². The van der Waals surface area contributed by atoms with E-state index in [1.54, 1.807) is 0 Å². The Hall–Kier alpha value is -1.58. The molecule has 0 radical (unpaired) electrons. The van der Waals surface area contributed by atoms with Crippen molar-refractivity contribution >= 4 is 16.0 Å². The Labute approximate surface area is 132 Å². The number of hydrogen-bond acceptors (Lipinski definition) is 4. The number of hydrogen-bond donors (Lipinski definition) is 2. The fourth-order valence-corrected chi connectivity index (χ4v) is 4.23. The SMILES string of the molecule is COCc1cc(C(=O)O)cc(S(=O)(=O)NC2(C)CC(F)(F)C2)c1. The number of carbonyl (C=O) groups is 1. The minimum Gasteiger partial charge on any atom is -0.478 e. The second kappa shape index (κ2) is 5.81. The van der Waals surface area contributed by atoms with Crippen LogP contribution in [0.2, 0.25) is 0 Å². The monoisotopic (exact) mass is 349 g/mol. The molecule has 0 spiro atoms. The zero-order valence-corrected chi connectivity index (χ0v) is 13.4. The lowest BCUT2D eigenvalue weighted by molar-refractivity contribution is -0.121. The molecular formula is C14H17F2NO5S. The maximum absolute atomic E-state index is 13.0. The molecule has 0 bridgehead atoms. The number of benzene rings is 1. The van der Waals surface area contributed by atoms with Gasteiger partial charge in [0.25, 0.3) is 5.92 Å². The summed E-state index contributed by atoms with van der Waals surface area (Å²) in [6.07, 6.45) is -1.19. The summed E-state index contributed by atoms with van der Waals surface area (Å²) in [7, 11) is -2.74. The lowest BCUT2D eigenvalue weighted by Crippen LogP contribution is -2.60. The predicted octanol–water partition coefficient (Wildman–Crippen LogP) is 2.00. The van der Waals surface area contributed by atoms with Gasteiger partial charge in [0.1, 0.15) is 0 Å². The van der Waals surface area contributed by atoms with E-state index < -0.39 is 40.3 Å². The van der Waals surface area contributed by atoms with Gasteiger partial charge in [0.05, 0.1) is 17.1 Å². The molecule has 23 heavy (non-hydrogen) atoms. The third-order valence-corrected chi connectivity index (χ3v) is 5.13. The Morgan fingerprint density at radius 1 is 1.35 bits per heavy atom. The molecule has 0 atom stereocenters. The molecule has 1 aliphatic rings. The van der Waals surface area contributed by atoms with Crippen LogP contribution in [0.3, 0.4) is 0 Å². The number of aromatic carboxylic acids is 1. The summed E-state index contributed by atoms with van der Waals surface area (Å²) in [6, 6.07) is 3.55. The van der Waals surface area contributed by atoms with Crippen molar-refractivity contribution in [3.05, 3.63) is 29.3 Å². The van der Waals surface area contributed by atoms with E-state index in [4.69, 9.17) is 9.84 Å². The van der Waals surface area contributed by atoms with Gasteiger partial charge < -0.3 is 9.84 Å². The van der Waals surface area contributed by atoms with Gasteiger partial charge in [0.2, 0.25) is 10.0 Å². The van der Waals surface area contributed by atoms with Gasteiger partial charge in [0, 0.05) is 25.5 Å². The predicted molar refractivity (Wildman–Crippen MR) is 77.0 cm³/mol. The van der Waals surface area contributed by atoms with Crippen LogP contribution in [0.4, 0.5) is 8.78 Å². The normalized spacial score (nSPS) is 19.1. The molecule has 2 rings (SSSR count). The van der Waals surface area contributed by atoms with Crippen molar-refractivity contribution in [2.45, 2.75) is 42.7 Å². The van der Waals surface area contributed by atoms with Crippen molar-refractivity contribution in [1.29, 1.82) is 0 Å². The van der Waals surface area contributed by atoms with Gasteiger partial charge >= 0.3 is 5.97 Å². The van der Waals surface area contributed by atoms with E-state index in [0.29, 0.717) is 5.56 Å². The van der Waals surface area contributed by atoms with Gasteiger partial charge in [-0.2, -0.15) is 0 Å². The first kappa shape index (κ1) is 17.8. The summed E-state index contributed by atoms with van der Waals surface area (Å²) >= 11 is 0. The number of nitrogens with one attached hydrogen (secondary N) is 1. The third kappa shape index (κ3) is 4.04. The molecule has 1 fully saturated rings. The molecule has 0 heterocycles. The Kier molecular flexibility index (Phi) is 4.49. The van der Waals surface area contributed by atoms with E-state index in [-0.39, 0.29) is 17.1 Å². The highest BCUT2D eigenvalue weighted by Crippen LogP contribution is 2.45. The number of sulfonamides is 1. The minimum absolute atomic E-state index is 0.0268. The minimum atomic E-state index is -4.13. The number of rotatable bonds is 6. The lowest BCUT2D eigenvalue weighted by Gasteiger charge is -2.44. The summed E-state index contributed by atoms with van der Waals surface area (Å²) in [4.78, 5) is 10.8. The first-order valence-corrected chi connectivity index (χ1v) is 8.23. The molecule has 0 unspecified atom stereocenters. The Morgan fingerprint density at radius 2 is 1.96 bits per heavy atom. The van der Waals surface area contributed by atoms with E-state index in [0.717, 1.165) is 6.07 Å². The van der Waals surface area contributed by atoms with E-state index >= 15 is 0 Å². The Morgan fingerprint density at radius 3 is 2.43 bits per heavy atom. The average Bonchev–Trinajstić information content (AvgIpc) is 2.35. The molecule has 128 valence electrons. The van der Waals surface area contributed by atoms with Crippen LogP contribution >= 0.6 is 0 Å². The first-order valence-electron chi connectivity index (χ1n) is 6.74. The van der Waals surface area contributed by atoms with Gasteiger partial charge in [0.15, 0.2) is 0 Å². The molecule has 1 aromatic rings. The highest BCUT2D eigenvalue weighted by atomic mass is 32.2. The summed E-state index contributed by atoms with van der Waals surface area (Å²) < 4.78 is 57.9. The van der Waals surface area contributed by atoms with Gasteiger partial charge in [-0.05, 0) is 30.7 Å².